The summed E-state index contributed by atoms with van der Waals surface area (Å²) in [5.41, 5.74) is 2.02. The van der Waals surface area contributed by atoms with Gasteiger partial charge in [-0.25, -0.2) is 0 Å². The number of nitrogens with one attached hydrogen (secondary N) is 1. The molecule has 0 atom stereocenters. The predicted molar refractivity (Wildman–Crippen MR) is 86.4 cm³/mol. The summed E-state index contributed by atoms with van der Waals surface area (Å²) in [4.78, 5) is 28.3. The molecule has 0 radical (unpaired) electrons. The number of H-pyrrole nitrogens is 1. The molecule has 2 heterocycles. The van der Waals surface area contributed by atoms with Crippen LogP contribution in [-0.2, 0) is 16.0 Å². The van der Waals surface area contributed by atoms with Gasteiger partial charge in [0, 0.05) is 16.5 Å². The molecule has 5 heteroatoms. The number of ketones is 1. The SMILES string of the molecule is CCOC(=O)Cc1c(C(=O)c2cccs2)[nH]c2ccccc12. The van der Waals surface area contributed by atoms with E-state index >= 15 is 0 Å². The van der Waals surface area contributed by atoms with E-state index in [1.165, 1.54) is 11.3 Å². The molecule has 0 bridgehead atoms. The predicted octanol–water partition coefficient (Wildman–Crippen LogP) is 3.57. The average Bonchev–Trinajstić information content (AvgIpc) is 3.15. The molecular formula is C17H15NO3S. The summed E-state index contributed by atoms with van der Waals surface area (Å²) in [5.74, 6) is -0.419. The summed E-state index contributed by atoms with van der Waals surface area (Å²) < 4.78 is 5.03. The van der Waals surface area contributed by atoms with Gasteiger partial charge in [-0.3, -0.25) is 9.59 Å². The first kappa shape index (κ1) is 14.5. The lowest BCUT2D eigenvalue weighted by atomic mass is 10.0. The summed E-state index contributed by atoms with van der Waals surface area (Å²) in [6.07, 6.45) is 0.0876. The van der Waals surface area contributed by atoms with Crippen molar-refractivity contribution < 1.29 is 14.3 Å². The number of esters is 1. The highest BCUT2D eigenvalue weighted by molar-refractivity contribution is 7.12. The Morgan fingerprint density at radius 2 is 2.00 bits per heavy atom. The number of aromatic nitrogens is 1. The summed E-state index contributed by atoms with van der Waals surface area (Å²) >= 11 is 1.39. The van der Waals surface area contributed by atoms with Gasteiger partial charge in [-0.05, 0) is 24.4 Å². The number of para-hydroxylation sites is 1. The first-order valence-electron chi connectivity index (χ1n) is 7.04. The van der Waals surface area contributed by atoms with Crippen LogP contribution in [-0.4, -0.2) is 23.3 Å². The third-order valence-electron chi connectivity index (χ3n) is 3.41. The van der Waals surface area contributed by atoms with Gasteiger partial charge < -0.3 is 9.72 Å². The van der Waals surface area contributed by atoms with Crippen molar-refractivity contribution in [1.29, 1.82) is 0 Å². The number of hydrogen-bond donors (Lipinski definition) is 1. The van der Waals surface area contributed by atoms with E-state index in [9.17, 15) is 9.59 Å². The quantitative estimate of drug-likeness (QED) is 0.578. The lowest BCUT2D eigenvalue weighted by Crippen LogP contribution is -2.11. The standard InChI is InChI=1S/C17H15NO3S/c1-2-21-15(19)10-12-11-6-3-4-7-13(11)18-16(12)17(20)14-8-5-9-22-14/h3-9,18H,2,10H2,1H3. The number of hydrogen-bond acceptors (Lipinski definition) is 4. The Hall–Kier alpha value is -2.40. The van der Waals surface area contributed by atoms with Crippen LogP contribution < -0.4 is 0 Å². The molecule has 0 fully saturated rings. The number of fused-ring (bicyclic) bond motifs is 1. The van der Waals surface area contributed by atoms with Crippen LogP contribution in [0, 0.1) is 0 Å². The van der Waals surface area contributed by atoms with Crippen LogP contribution in [0.3, 0.4) is 0 Å². The van der Waals surface area contributed by atoms with Gasteiger partial charge in [0.05, 0.1) is 23.6 Å². The maximum atomic E-state index is 12.7. The van der Waals surface area contributed by atoms with Crippen molar-refractivity contribution >= 4 is 34.0 Å². The van der Waals surface area contributed by atoms with E-state index < -0.39 is 0 Å². The van der Waals surface area contributed by atoms with Crippen molar-refractivity contribution in [2.75, 3.05) is 6.61 Å². The summed E-state index contributed by atoms with van der Waals surface area (Å²) in [7, 11) is 0. The molecular weight excluding hydrogens is 298 g/mol. The van der Waals surface area contributed by atoms with Gasteiger partial charge in [-0.15, -0.1) is 11.3 Å². The van der Waals surface area contributed by atoms with Crippen LogP contribution >= 0.6 is 11.3 Å². The fourth-order valence-electron chi connectivity index (χ4n) is 2.46. The number of rotatable bonds is 5. The number of aromatic amines is 1. The van der Waals surface area contributed by atoms with Gasteiger partial charge in [0.1, 0.15) is 0 Å². The van der Waals surface area contributed by atoms with Gasteiger partial charge in [0.25, 0.3) is 0 Å². The van der Waals surface area contributed by atoms with Crippen LogP contribution in [0.4, 0.5) is 0 Å². The molecule has 2 aromatic heterocycles. The Kier molecular flexibility index (Phi) is 4.06. The van der Waals surface area contributed by atoms with Crippen LogP contribution in [0.2, 0.25) is 0 Å². The maximum Gasteiger partial charge on any atom is 0.310 e. The first-order chi connectivity index (χ1) is 10.7. The molecule has 0 unspecified atom stereocenters. The summed E-state index contributed by atoms with van der Waals surface area (Å²) in [5, 5.41) is 2.75. The van der Waals surface area contributed by atoms with Crippen molar-refractivity contribution in [3.05, 3.63) is 57.9 Å². The summed E-state index contributed by atoms with van der Waals surface area (Å²) in [6, 6.07) is 11.2. The fourth-order valence-corrected chi connectivity index (χ4v) is 3.13. The first-order valence-corrected chi connectivity index (χ1v) is 7.92. The second-order valence-electron chi connectivity index (χ2n) is 4.81. The molecule has 0 aliphatic heterocycles. The monoisotopic (exact) mass is 313 g/mol. The number of ether oxygens (including phenoxy) is 1. The van der Waals surface area contributed by atoms with Gasteiger partial charge >= 0.3 is 5.97 Å². The van der Waals surface area contributed by atoms with Crippen molar-refractivity contribution in [3.63, 3.8) is 0 Å². The second-order valence-corrected chi connectivity index (χ2v) is 5.76. The number of carbonyl (C=O) groups is 2. The van der Waals surface area contributed by atoms with E-state index in [4.69, 9.17) is 4.74 Å². The lowest BCUT2D eigenvalue weighted by molar-refractivity contribution is -0.142. The topological polar surface area (TPSA) is 59.2 Å². The molecule has 112 valence electrons. The van der Waals surface area contributed by atoms with Gasteiger partial charge in [0.15, 0.2) is 0 Å². The minimum atomic E-state index is -0.326. The van der Waals surface area contributed by atoms with Crippen LogP contribution in [0.5, 0.6) is 0 Å². The Bertz CT molecular complexity index is 818. The molecule has 1 N–H and O–H groups in total. The lowest BCUT2D eigenvalue weighted by Gasteiger charge is -2.04. The highest BCUT2D eigenvalue weighted by atomic mass is 32.1. The molecule has 22 heavy (non-hydrogen) atoms. The minimum absolute atomic E-state index is 0.0876. The van der Waals surface area contributed by atoms with Gasteiger partial charge in [-0.1, -0.05) is 24.3 Å². The van der Waals surface area contributed by atoms with Crippen molar-refractivity contribution in [2.24, 2.45) is 0 Å². The highest BCUT2D eigenvalue weighted by Crippen LogP contribution is 2.26. The van der Waals surface area contributed by atoms with Crippen LogP contribution in [0.1, 0.15) is 27.9 Å². The zero-order valence-corrected chi connectivity index (χ0v) is 12.9. The highest BCUT2D eigenvalue weighted by Gasteiger charge is 2.21. The largest absolute Gasteiger partial charge is 0.466 e. The number of benzene rings is 1. The maximum absolute atomic E-state index is 12.7. The Morgan fingerprint density at radius 3 is 2.73 bits per heavy atom. The van der Waals surface area contributed by atoms with E-state index in [1.807, 2.05) is 35.7 Å². The second kappa shape index (κ2) is 6.15. The van der Waals surface area contributed by atoms with E-state index in [1.54, 1.807) is 13.0 Å². The molecule has 0 aliphatic rings. The third-order valence-corrected chi connectivity index (χ3v) is 4.28. The number of carbonyl (C=O) groups excluding carboxylic acids is 2. The average molecular weight is 313 g/mol. The molecule has 0 spiro atoms. The fraction of sp³-hybridized carbons (Fsp3) is 0.176. The molecule has 3 rings (SSSR count). The number of thiophene rings is 1. The van der Waals surface area contributed by atoms with E-state index in [-0.39, 0.29) is 18.2 Å². The molecule has 4 nitrogen and oxygen atoms in total. The minimum Gasteiger partial charge on any atom is -0.466 e. The summed E-state index contributed by atoms with van der Waals surface area (Å²) in [6.45, 7) is 2.10. The van der Waals surface area contributed by atoms with E-state index in [2.05, 4.69) is 4.98 Å². The normalized spacial score (nSPS) is 10.8. The molecule has 0 amide bonds. The molecule has 0 saturated heterocycles. The third kappa shape index (κ3) is 2.67. The Labute approximate surface area is 131 Å². The van der Waals surface area contributed by atoms with E-state index in [0.29, 0.717) is 22.7 Å². The molecule has 3 aromatic rings. The van der Waals surface area contributed by atoms with Crippen molar-refractivity contribution in [2.45, 2.75) is 13.3 Å². The van der Waals surface area contributed by atoms with Crippen LogP contribution in [0.25, 0.3) is 10.9 Å². The van der Waals surface area contributed by atoms with Gasteiger partial charge in [0.2, 0.25) is 5.78 Å². The van der Waals surface area contributed by atoms with Crippen LogP contribution in [0.15, 0.2) is 41.8 Å². The Balaban J connectivity index is 2.08. The molecule has 0 saturated carbocycles. The van der Waals surface area contributed by atoms with Crippen molar-refractivity contribution in [3.8, 4) is 0 Å². The Morgan fingerprint density at radius 1 is 1.18 bits per heavy atom. The molecule has 1 aromatic carbocycles. The molecule has 0 aliphatic carbocycles. The van der Waals surface area contributed by atoms with Crippen molar-refractivity contribution in [1.82, 2.24) is 4.98 Å². The van der Waals surface area contributed by atoms with Gasteiger partial charge in [-0.2, -0.15) is 0 Å². The zero-order chi connectivity index (χ0) is 15.5. The van der Waals surface area contributed by atoms with E-state index in [0.717, 1.165) is 10.9 Å². The smallest absolute Gasteiger partial charge is 0.310 e. The zero-order valence-electron chi connectivity index (χ0n) is 12.1.